The Kier molecular flexibility index (Phi) is 15.1. The molecule has 0 saturated carbocycles. The number of aryl methyl sites for hydroxylation is 1. The predicted molar refractivity (Wildman–Crippen MR) is 159 cm³/mol. The molecule has 1 N–H and O–H groups in total. The molecule has 194 valence electrons. The minimum absolute atomic E-state index is 0.0193. The molecule has 0 aliphatic carbocycles. The van der Waals surface area contributed by atoms with Crippen LogP contribution in [-0.2, 0) is 6.42 Å². The first-order chi connectivity index (χ1) is 17.0. The minimum Gasteiger partial charge on any atom is -0.490 e. The maximum absolute atomic E-state index is 13.3. The summed E-state index contributed by atoms with van der Waals surface area (Å²) in [5.41, 5.74) is 2.57. The second kappa shape index (κ2) is 17.8. The van der Waals surface area contributed by atoms with Gasteiger partial charge in [0.2, 0.25) is 0 Å². The molecule has 4 heteroatoms. The van der Waals surface area contributed by atoms with E-state index in [9.17, 15) is 4.79 Å². The van der Waals surface area contributed by atoms with Crippen molar-refractivity contribution in [3.05, 3.63) is 57.2 Å². The average Bonchev–Trinajstić information content (AvgIpc) is 2.81. The molecule has 35 heavy (non-hydrogen) atoms. The number of rotatable bonds is 18. The van der Waals surface area contributed by atoms with E-state index in [1.807, 2.05) is 50.2 Å². The molecule has 2 rings (SSSR count). The zero-order chi connectivity index (χ0) is 25.3. The number of unbranched alkanes of at least 4 members (excludes halogenated alkanes) is 12. The molecule has 0 heterocycles. The number of nitrogens with one attached hydrogen (secondary N) is 1. The van der Waals surface area contributed by atoms with Crippen molar-refractivity contribution >= 4 is 34.2 Å². The quantitative estimate of drug-likeness (QED) is 0.138. The summed E-state index contributed by atoms with van der Waals surface area (Å²) < 4.78 is 7.12. The van der Waals surface area contributed by atoms with Crippen molar-refractivity contribution < 1.29 is 9.53 Å². The van der Waals surface area contributed by atoms with Crippen LogP contribution in [0, 0.1) is 3.57 Å². The van der Waals surface area contributed by atoms with Gasteiger partial charge in [0.15, 0.2) is 0 Å². The first-order valence-corrected chi connectivity index (χ1v) is 14.9. The molecule has 0 radical (unpaired) electrons. The Labute approximate surface area is 228 Å². The molecule has 0 spiro atoms. The molecule has 0 unspecified atom stereocenters. The van der Waals surface area contributed by atoms with Crippen molar-refractivity contribution in [3.63, 3.8) is 0 Å². The zero-order valence-electron chi connectivity index (χ0n) is 22.2. The van der Waals surface area contributed by atoms with Gasteiger partial charge in [-0.05, 0) is 79.1 Å². The fourth-order valence-electron chi connectivity index (χ4n) is 4.49. The van der Waals surface area contributed by atoms with Gasteiger partial charge in [0.05, 0.1) is 11.7 Å². The van der Waals surface area contributed by atoms with Gasteiger partial charge in [0, 0.05) is 9.26 Å². The first kappa shape index (κ1) is 29.7. The van der Waals surface area contributed by atoms with Crippen molar-refractivity contribution in [2.24, 2.45) is 0 Å². The zero-order valence-corrected chi connectivity index (χ0v) is 24.4. The van der Waals surface area contributed by atoms with Crippen molar-refractivity contribution in [1.29, 1.82) is 0 Å². The third kappa shape index (κ3) is 12.3. The lowest BCUT2D eigenvalue weighted by molar-refractivity contribution is 0.102. The number of amides is 1. The number of carbonyl (C=O) groups excluding carboxylic acids is 1. The number of benzene rings is 2. The summed E-state index contributed by atoms with van der Waals surface area (Å²) in [7, 11) is 0. The van der Waals surface area contributed by atoms with Crippen LogP contribution in [0.15, 0.2) is 42.5 Å². The maximum atomic E-state index is 13.3. The van der Waals surface area contributed by atoms with Crippen LogP contribution in [-0.4, -0.2) is 12.0 Å². The highest BCUT2D eigenvalue weighted by Crippen LogP contribution is 2.27. The second-order valence-corrected chi connectivity index (χ2v) is 11.2. The molecule has 0 saturated heterocycles. The van der Waals surface area contributed by atoms with E-state index in [1.165, 1.54) is 77.0 Å². The van der Waals surface area contributed by atoms with E-state index in [4.69, 9.17) is 4.74 Å². The molecule has 0 aromatic heterocycles. The molecule has 1 amide bonds. The van der Waals surface area contributed by atoms with Gasteiger partial charge in [0.1, 0.15) is 5.75 Å². The van der Waals surface area contributed by atoms with Gasteiger partial charge in [-0.15, -0.1) is 0 Å². The Hall–Kier alpha value is -1.56. The third-order valence-corrected chi connectivity index (χ3v) is 7.01. The predicted octanol–water partition coefficient (Wildman–Crippen LogP) is 9.96. The van der Waals surface area contributed by atoms with Gasteiger partial charge in [0.25, 0.3) is 5.91 Å². The Balaban J connectivity index is 1.80. The smallest absolute Gasteiger partial charge is 0.259 e. The van der Waals surface area contributed by atoms with Crippen LogP contribution in [0.3, 0.4) is 0 Å². The molecular weight excluding hydrogens is 545 g/mol. The van der Waals surface area contributed by atoms with E-state index in [1.54, 1.807) is 0 Å². The SMILES string of the molecule is CCCCCCCCCCCCCCCc1cccc(OC(C)C)c1C(=O)Nc1cccc(I)c1. The lowest BCUT2D eigenvalue weighted by Gasteiger charge is -2.17. The summed E-state index contributed by atoms with van der Waals surface area (Å²) in [4.78, 5) is 13.3. The molecular formula is C31H46INO2. The molecule has 3 nitrogen and oxygen atoms in total. The number of halogens is 1. The highest BCUT2D eigenvalue weighted by Gasteiger charge is 2.18. The monoisotopic (exact) mass is 591 g/mol. The number of hydrogen-bond donors (Lipinski definition) is 1. The normalized spacial score (nSPS) is 11.1. The standard InChI is InChI=1S/C31H46INO2/c1-4-5-6-7-8-9-10-11-12-13-14-15-16-19-26-20-17-23-29(35-25(2)3)30(26)31(34)33-28-22-18-21-27(32)24-28/h17-18,20-25H,4-16,19H2,1-3H3,(H,33,34). The summed E-state index contributed by atoms with van der Waals surface area (Å²) in [5.74, 6) is 0.586. The molecule has 0 aliphatic heterocycles. The van der Waals surface area contributed by atoms with Gasteiger partial charge in [-0.25, -0.2) is 0 Å². The molecule has 2 aromatic carbocycles. The Morgan fingerprint density at radius 1 is 0.829 bits per heavy atom. The number of carbonyl (C=O) groups is 1. The lowest BCUT2D eigenvalue weighted by atomic mass is 9.98. The average molecular weight is 592 g/mol. The van der Waals surface area contributed by atoms with E-state index in [2.05, 4.69) is 40.9 Å². The number of hydrogen-bond acceptors (Lipinski definition) is 2. The Morgan fingerprint density at radius 2 is 1.40 bits per heavy atom. The van der Waals surface area contributed by atoms with Crippen molar-refractivity contribution in [3.8, 4) is 5.75 Å². The van der Waals surface area contributed by atoms with E-state index >= 15 is 0 Å². The fraction of sp³-hybridized carbons (Fsp3) is 0.581. The van der Waals surface area contributed by atoms with Gasteiger partial charge in [-0.1, -0.05) is 102 Å². The van der Waals surface area contributed by atoms with Crippen LogP contribution in [0.2, 0.25) is 0 Å². The van der Waals surface area contributed by atoms with Crippen molar-refractivity contribution in [2.45, 2.75) is 117 Å². The van der Waals surface area contributed by atoms with Gasteiger partial charge < -0.3 is 10.1 Å². The highest BCUT2D eigenvalue weighted by atomic mass is 127. The molecule has 0 bridgehead atoms. The van der Waals surface area contributed by atoms with Crippen LogP contribution in [0.4, 0.5) is 5.69 Å². The largest absolute Gasteiger partial charge is 0.490 e. The van der Waals surface area contributed by atoms with Crippen LogP contribution in [0.25, 0.3) is 0 Å². The van der Waals surface area contributed by atoms with Crippen molar-refractivity contribution in [2.75, 3.05) is 5.32 Å². The van der Waals surface area contributed by atoms with Crippen LogP contribution in [0.1, 0.15) is 120 Å². The summed E-state index contributed by atoms with van der Waals surface area (Å²) in [6.07, 6.45) is 18.4. The number of anilines is 1. The topological polar surface area (TPSA) is 38.3 Å². The minimum atomic E-state index is -0.0899. The molecule has 0 atom stereocenters. The second-order valence-electron chi connectivity index (χ2n) is 9.91. The molecule has 0 fully saturated rings. The van der Waals surface area contributed by atoms with E-state index in [0.29, 0.717) is 11.3 Å². The van der Waals surface area contributed by atoms with Crippen molar-refractivity contribution in [1.82, 2.24) is 0 Å². The fourth-order valence-corrected chi connectivity index (χ4v) is 5.03. The van der Waals surface area contributed by atoms with Gasteiger partial charge >= 0.3 is 0 Å². The summed E-state index contributed by atoms with van der Waals surface area (Å²) >= 11 is 2.26. The van der Waals surface area contributed by atoms with Crippen LogP contribution in [0.5, 0.6) is 5.75 Å². The van der Waals surface area contributed by atoms with Crippen LogP contribution < -0.4 is 10.1 Å². The van der Waals surface area contributed by atoms with E-state index < -0.39 is 0 Å². The maximum Gasteiger partial charge on any atom is 0.259 e. The lowest BCUT2D eigenvalue weighted by Crippen LogP contribution is -2.18. The number of ether oxygens (including phenoxy) is 1. The van der Waals surface area contributed by atoms with Crippen LogP contribution >= 0.6 is 22.6 Å². The van der Waals surface area contributed by atoms with E-state index in [-0.39, 0.29) is 12.0 Å². The van der Waals surface area contributed by atoms with E-state index in [0.717, 1.165) is 27.7 Å². The molecule has 0 aliphatic rings. The highest BCUT2D eigenvalue weighted by molar-refractivity contribution is 14.1. The van der Waals surface area contributed by atoms with Gasteiger partial charge in [-0.2, -0.15) is 0 Å². The van der Waals surface area contributed by atoms with Gasteiger partial charge in [-0.3, -0.25) is 4.79 Å². The summed E-state index contributed by atoms with van der Waals surface area (Å²) in [6.45, 7) is 6.28. The molecule has 2 aromatic rings. The Bertz CT molecular complexity index is 865. The Morgan fingerprint density at radius 3 is 1.97 bits per heavy atom. The first-order valence-electron chi connectivity index (χ1n) is 13.9. The summed E-state index contributed by atoms with van der Waals surface area (Å²) in [6, 6.07) is 13.9. The third-order valence-electron chi connectivity index (χ3n) is 6.33. The summed E-state index contributed by atoms with van der Waals surface area (Å²) in [5, 5.41) is 3.08.